The van der Waals surface area contributed by atoms with Gasteiger partial charge in [0.05, 0.1) is 16.3 Å². The molecule has 0 atom stereocenters. The van der Waals surface area contributed by atoms with Crippen LogP contribution in [-0.4, -0.2) is 12.1 Å². The van der Waals surface area contributed by atoms with Crippen LogP contribution < -0.4 is 5.73 Å². The van der Waals surface area contributed by atoms with Crippen LogP contribution in [0.15, 0.2) is 18.2 Å². The molecule has 4 heteroatoms. The Hall–Kier alpha value is -1.22. The summed E-state index contributed by atoms with van der Waals surface area (Å²) in [7, 11) is 0. The zero-order valence-electron chi connectivity index (χ0n) is 11.4. The van der Waals surface area contributed by atoms with Crippen LogP contribution in [0.3, 0.4) is 0 Å². The van der Waals surface area contributed by atoms with E-state index in [0.717, 1.165) is 25.7 Å². The molecule has 0 amide bonds. The fraction of sp³-hybridized carbons (Fsp3) is 0.533. The van der Waals surface area contributed by atoms with E-state index in [-0.39, 0.29) is 12.1 Å². The van der Waals surface area contributed by atoms with Crippen molar-refractivity contribution < 1.29 is 9.53 Å². The molecule has 1 aromatic carbocycles. The number of carbonyl (C=O) groups is 1. The molecular formula is C15H20ClNO2. The molecular weight excluding hydrogens is 262 g/mol. The third kappa shape index (κ3) is 3.63. The summed E-state index contributed by atoms with van der Waals surface area (Å²) in [5.41, 5.74) is 6.92. The number of esters is 1. The van der Waals surface area contributed by atoms with E-state index in [1.165, 1.54) is 0 Å². The number of hydrogen-bond acceptors (Lipinski definition) is 3. The lowest BCUT2D eigenvalue weighted by molar-refractivity contribution is 0.00952. The van der Waals surface area contributed by atoms with Gasteiger partial charge in [0.25, 0.3) is 0 Å². The van der Waals surface area contributed by atoms with Crippen LogP contribution >= 0.6 is 11.6 Å². The van der Waals surface area contributed by atoms with Crippen LogP contribution in [0.4, 0.5) is 5.69 Å². The van der Waals surface area contributed by atoms with E-state index in [1.54, 1.807) is 18.2 Å². The molecule has 1 aromatic rings. The highest BCUT2D eigenvalue weighted by atomic mass is 35.5. The van der Waals surface area contributed by atoms with E-state index in [2.05, 4.69) is 13.8 Å². The van der Waals surface area contributed by atoms with E-state index < -0.39 is 0 Å². The molecule has 1 aliphatic rings. The summed E-state index contributed by atoms with van der Waals surface area (Å²) in [6.07, 6.45) is 4.07. The minimum atomic E-state index is -0.312. The monoisotopic (exact) mass is 281 g/mol. The van der Waals surface area contributed by atoms with Gasteiger partial charge in [-0.25, -0.2) is 4.79 Å². The fourth-order valence-electron chi connectivity index (χ4n) is 2.38. The molecule has 104 valence electrons. The van der Waals surface area contributed by atoms with Gasteiger partial charge in [0.15, 0.2) is 0 Å². The van der Waals surface area contributed by atoms with Crippen molar-refractivity contribution in [3.05, 3.63) is 28.8 Å². The van der Waals surface area contributed by atoms with Crippen molar-refractivity contribution in [2.45, 2.75) is 45.6 Å². The molecule has 19 heavy (non-hydrogen) atoms. The summed E-state index contributed by atoms with van der Waals surface area (Å²) >= 11 is 5.83. The van der Waals surface area contributed by atoms with Gasteiger partial charge in [0.1, 0.15) is 6.10 Å². The first kappa shape index (κ1) is 14.2. The van der Waals surface area contributed by atoms with Gasteiger partial charge in [-0.3, -0.25) is 0 Å². The van der Waals surface area contributed by atoms with Crippen molar-refractivity contribution >= 4 is 23.3 Å². The quantitative estimate of drug-likeness (QED) is 0.657. The van der Waals surface area contributed by atoms with Crippen LogP contribution in [0.1, 0.15) is 49.9 Å². The van der Waals surface area contributed by atoms with Crippen molar-refractivity contribution in [1.82, 2.24) is 0 Å². The van der Waals surface area contributed by atoms with Crippen molar-refractivity contribution in [2.24, 2.45) is 5.41 Å². The first-order chi connectivity index (χ1) is 8.87. The molecule has 0 saturated heterocycles. The third-order valence-corrected chi connectivity index (χ3v) is 4.14. The SMILES string of the molecule is CC1(C)CCC(OC(=O)c2ccc(Cl)c(N)c2)CC1. The second-order valence-electron chi connectivity index (χ2n) is 6.01. The summed E-state index contributed by atoms with van der Waals surface area (Å²) in [5, 5.41) is 0.455. The van der Waals surface area contributed by atoms with Crippen molar-refractivity contribution in [3.63, 3.8) is 0 Å². The summed E-state index contributed by atoms with van der Waals surface area (Å²) in [5.74, 6) is -0.312. The molecule has 1 saturated carbocycles. The number of ether oxygens (including phenoxy) is 1. The van der Waals surface area contributed by atoms with Gasteiger partial charge in [-0.2, -0.15) is 0 Å². The number of anilines is 1. The Balaban J connectivity index is 1.96. The molecule has 1 fully saturated rings. The Morgan fingerprint density at radius 2 is 2.00 bits per heavy atom. The van der Waals surface area contributed by atoms with Crippen LogP contribution in [0.25, 0.3) is 0 Å². The number of nitrogens with two attached hydrogens (primary N) is 1. The number of hydrogen-bond donors (Lipinski definition) is 1. The van der Waals surface area contributed by atoms with E-state index in [4.69, 9.17) is 22.1 Å². The van der Waals surface area contributed by atoms with Gasteiger partial charge < -0.3 is 10.5 Å². The average molecular weight is 282 g/mol. The lowest BCUT2D eigenvalue weighted by atomic mass is 9.76. The van der Waals surface area contributed by atoms with E-state index in [9.17, 15) is 4.79 Å². The average Bonchev–Trinajstić information content (AvgIpc) is 2.35. The molecule has 0 aromatic heterocycles. The second-order valence-corrected chi connectivity index (χ2v) is 6.41. The molecule has 0 spiro atoms. The largest absolute Gasteiger partial charge is 0.459 e. The maximum absolute atomic E-state index is 12.0. The minimum Gasteiger partial charge on any atom is -0.459 e. The van der Waals surface area contributed by atoms with Gasteiger partial charge in [-0.1, -0.05) is 25.4 Å². The van der Waals surface area contributed by atoms with E-state index in [0.29, 0.717) is 21.7 Å². The molecule has 2 rings (SSSR count). The Morgan fingerprint density at radius 1 is 1.37 bits per heavy atom. The Labute approximate surface area is 119 Å². The van der Waals surface area contributed by atoms with Gasteiger partial charge in [0.2, 0.25) is 0 Å². The highest BCUT2D eigenvalue weighted by molar-refractivity contribution is 6.33. The number of halogens is 1. The summed E-state index contributed by atoms with van der Waals surface area (Å²) in [6, 6.07) is 4.84. The Kier molecular flexibility index (Phi) is 4.04. The van der Waals surface area contributed by atoms with Crippen LogP contribution in [0.5, 0.6) is 0 Å². The van der Waals surface area contributed by atoms with Crippen LogP contribution in [0, 0.1) is 5.41 Å². The topological polar surface area (TPSA) is 52.3 Å². The van der Waals surface area contributed by atoms with Crippen molar-refractivity contribution in [1.29, 1.82) is 0 Å². The van der Waals surface area contributed by atoms with Gasteiger partial charge >= 0.3 is 5.97 Å². The highest BCUT2D eigenvalue weighted by Crippen LogP contribution is 2.36. The van der Waals surface area contributed by atoms with Crippen LogP contribution in [-0.2, 0) is 4.74 Å². The van der Waals surface area contributed by atoms with Gasteiger partial charge in [0, 0.05) is 0 Å². The fourth-order valence-corrected chi connectivity index (χ4v) is 2.50. The molecule has 1 aliphatic carbocycles. The number of nitrogen functional groups attached to an aromatic ring is 1. The summed E-state index contributed by atoms with van der Waals surface area (Å²) < 4.78 is 5.53. The Morgan fingerprint density at radius 3 is 2.58 bits per heavy atom. The lowest BCUT2D eigenvalue weighted by Crippen LogP contribution is -2.28. The normalized spacial score (nSPS) is 19.1. The van der Waals surface area contributed by atoms with Crippen molar-refractivity contribution in [3.8, 4) is 0 Å². The van der Waals surface area contributed by atoms with Gasteiger partial charge in [-0.05, 0) is 49.3 Å². The Bertz CT molecular complexity index is 475. The molecule has 0 radical (unpaired) electrons. The van der Waals surface area contributed by atoms with E-state index in [1.807, 2.05) is 0 Å². The first-order valence-electron chi connectivity index (χ1n) is 6.63. The predicted molar refractivity (Wildman–Crippen MR) is 77.3 cm³/mol. The molecule has 2 N–H and O–H groups in total. The van der Waals surface area contributed by atoms with E-state index >= 15 is 0 Å². The van der Waals surface area contributed by atoms with Crippen molar-refractivity contribution in [2.75, 3.05) is 5.73 Å². The summed E-state index contributed by atoms with van der Waals surface area (Å²) in [4.78, 5) is 12.0. The predicted octanol–water partition coefficient (Wildman–Crippen LogP) is 4.05. The zero-order chi connectivity index (χ0) is 14.0. The standard InChI is InChI=1S/C15H20ClNO2/c1-15(2)7-5-11(6-8-15)19-14(18)10-3-4-12(16)13(17)9-10/h3-4,9,11H,5-8,17H2,1-2H3. The third-order valence-electron chi connectivity index (χ3n) is 3.79. The summed E-state index contributed by atoms with van der Waals surface area (Å²) in [6.45, 7) is 4.51. The van der Waals surface area contributed by atoms with Crippen LogP contribution in [0.2, 0.25) is 5.02 Å². The maximum atomic E-state index is 12.0. The maximum Gasteiger partial charge on any atom is 0.338 e. The van der Waals surface area contributed by atoms with Gasteiger partial charge in [-0.15, -0.1) is 0 Å². The highest BCUT2D eigenvalue weighted by Gasteiger charge is 2.29. The molecule has 0 bridgehead atoms. The first-order valence-corrected chi connectivity index (χ1v) is 7.01. The lowest BCUT2D eigenvalue weighted by Gasteiger charge is -2.33. The number of benzene rings is 1. The number of carbonyl (C=O) groups excluding carboxylic acids is 1. The zero-order valence-corrected chi connectivity index (χ0v) is 12.2. The molecule has 0 heterocycles. The molecule has 0 aliphatic heterocycles. The second kappa shape index (κ2) is 5.41. The molecule has 3 nitrogen and oxygen atoms in total. The smallest absolute Gasteiger partial charge is 0.338 e. The minimum absolute atomic E-state index is 0.0254. The molecule has 0 unspecified atom stereocenters. The number of rotatable bonds is 2.